The summed E-state index contributed by atoms with van der Waals surface area (Å²) in [5, 5.41) is 0. The molecule has 1 aliphatic carbocycles. The SMILES string of the molecule is C[C+](CCCCC#Cc1ccccc1)CC1CCCCC1. The van der Waals surface area contributed by atoms with E-state index in [1.165, 1.54) is 57.8 Å². The second-order valence-corrected chi connectivity index (χ2v) is 6.54. The maximum Gasteiger partial charge on any atom is 0.0925 e. The Morgan fingerprint density at radius 3 is 2.57 bits per heavy atom. The van der Waals surface area contributed by atoms with Crippen LogP contribution in [-0.4, -0.2) is 0 Å². The fourth-order valence-electron chi connectivity index (χ4n) is 3.31. The topological polar surface area (TPSA) is 0 Å². The summed E-state index contributed by atoms with van der Waals surface area (Å²) < 4.78 is 0. The highest BCUT2D eigenvalue weighted by molar-refractivity contribution is 5.33. The summed E-state index contributed by atoms with van der Waals surface area (Å²) in [5.41, 5.74) is 1.14. The Morgan fingerprint density at radius 2 is 1.81 bits per heavy atom. The number of rotatable bonds is 6. The van der Waals surface area contributed by atoms with Gasteiger partial charge in [0.05, 0.1) is 25.7 Å². The molecular weight excluding hydrogens is 252 g/mol. The molecule has 0 bridgehead atoms. The van der Waals surface area contributed by atoms with E-state index in [4.69, 9.17) is 0 Å². The van der Waals surface area contributed by atoms with E-state index in [2.05, 4.69) is 30.9 Å². The van der Waals surface area contributed by atoms with Crippen LogP contribution in [0.3, 0.4) is 0 Å². The first-order chi connectivity index (χ1) is 10.3. The lowest BCUT2D eigenvalue weighted by Crippen LogP contribution is -2.09. The Kier molecular flexibility index (Phi) is 7.30. The molecule has 2 rings (SSSR count). The minimum atomic E-state index is 0.997. The zero-order chi connectivity index (χ0) is 14.8. The Labute approximate surface area is 131 Å². The molecule has 1 fully saturated rings. The minimum Gasteiger partial charge on any atom is -0.0979 e. The Morgan fingerprint density at radius 1 is 1.05 bits per heavy atom. The molecule has 0 spiro atoms. The molecule has 0 heteroatoms. The summed E-state index contributed by atoms with van der Waals surface area (Å²) in [5.74, 6) is 9.26. The smallest absolute Gasteiger partial charge is 0.0925 e. The molecule has 0 saturated heterocycles. The molecule has 1 aliphatic rings. The molecule has 21 heavy (non-hydrogen) atoms. The summed E-state index contributed by atoms with van der Waals surface area (Å²) in [6.07, 6.45) is 13.6. The van der Waals surface area contributed by atoms with Crippen molar-refractivity contribution >= 4 is 0 Å². The number of benzene rings is 1. The van der Waals surface area contributed by atoms with Crippen LogP contribution in [-0.2, 0) is 0 Å². The van der Waals surface area contributed by atoms with Crippen LogP contribution in [0.1, 0.15) is 76.7 Å². The average Bonchev–Trinajstić information content (AvgIpc) is 2.53. The molecule has 0 aliphatic heterocycles. The average molecular weight is 281 g/mol. The lowest BCUT2D eigenvalue weighted by Gasteiger charge is -2.19. The van der Waals surface area contributed by atoms with Gasteiger partial charge in [-0.05, 0) is 43.7 Å². The minimum absolute atomic E-state index is 0.997. The predicted octanol–water partition coefficient (Wildman–Crippen LogP) is 6.16. The fourth-order valence-corrected chi connectivity index (χ4v) is 3.31. The fraction of sp³-hybridized carbons (Fsp3) is 0.571. The number of hydrogen-bond acceptors (Lipinski definition) is 0. The largest absolute Gasteiger partial charge is 0.0979 e. The van der Waals surface area contributed by atoms with Crippen molar-refractivity contribution in [2.45, 2.75) is 71.1 Å². The summed E-state index contributed by atoms with van der Waals surface area (Å²) in [6, 6.07) is 10.3. The molecule has 0 heterocycles. The van der Waals surface area contributed by atoms with Crippen molar-refractivity contribution in [2.24, 2.45) is 5.92 Å². The summed E-state index contributed by atoms with van der Waals surface area (Å²) in [4.78, 5) is 0. The van der Waals surface area contributed by atoms with Crippen LogP contribution in [0.25, 0.3) is 0 Å². The van der Waals surface area contributed by atoms with E-state index in [0.29, 0.717) is 0 Å². The normalized spacial score (nSPS) is 15.3. The molecule has 1 saturated carbocycles. The molecule has 112 valence electrons. The molecule has 0 amide bonds. The van der Waals surface area contributed by atoms with Gasteiger partial charge in [0, 0.05) is 12.0 Å². The van der Waals surface area contributed by atoms with Crippen LogP contribution >= 0.6 is 0 Å². The van der Waals surface area contributed by atoms with Crippen LogP contribution in [0, 0.1) is 23.7 Å². The zero-order valence-electron chi connectivity index (χ0n) is 13.5. The van der Waals surface area contributed by atoms with Crippen molar-refractivity contribution < 1.29 is 0 Å². The van der Waals surface area contributed by atoms with Crippen LogP contribution in [0.15, 0.2) is 30.3 Å². The first kappa shape index (κ1) is 16.0. The van der Waals surface area contributed by atoms with E-state index < -0.39 is 0 Å². The molecule has 1 aromatic rings. The van der Waals surface area contributed by atoms with Crippen molar-refractivity contribution in [3.8, 4) is 11.8 Å². The second-order valence-electron chi connectivity index (χ2n) is 6.54. The van der Waals surface area contributed by atoms with Gasteiger partial charge in [0.25, 0.3) is 0 Å². The highest BCUT2D eigenvalue weighted by atomic mass is 14.2. The predicted molar refractivity (Wildman–Crippen MR) is 91.9 cm³/mol. The standard InChI is InChI=1S/C21H29/c1-19(18-21-16-10-5-11-17-21)12-6-2-3-7-13-20-14-8-4-9-15-20/h4,8-9,14-15,21H,2-3,5-6,10-12,16-18H2,1H3/q+1. The van der Waals surface area contributed by atoms with Gasteiger partial charge >= 0.3 is 0 Å². The maximum absolute atomic E-state index is 3.30. The molecule has 0 nitrogen and oxygen atoms in total. The monoisotopic (exact) mass is 281 g/mol. The van der Waals surface area contributed by atoms with Crippen molar-refractivity contribution in [3.63, 3.8) is 0 Å². The molecule has 0 unspecified atom stereocenters. The Bertz CT molecular complexity index is 428. The van der Waals surface area contributed by atoms with Gasteiger partial charge in [-0.15, -0.1) is 0 Å². The number of unbranched alkanes of at least 4 members (excludes halogenated alkanes) is 2. The summed E-state index contributed by atoms with van der Waals surface area (Å²) >= 11 is 0. The first-order valence-electron chi connectivity index (χ1n) is 8.70. The van der Waals surface area contributed by atoms with Crippen LogP contribution in [0.4, 0.5) is 0 Å². The van der Waals surface area contributed by atoms with Gasteiger partial charge in [0.1, 0.15) is 0 Å². The molecule has 0 N–H and O–H groups in total. The van der Waals surface area contributed by atoms with Crippen molar-refractivity contribution in [2.75, 3.05) is 0 Å². The van der Waals surface area contributed by atoms with Gasteiger partial charge in [-0.25, -0.2) is 0 Å². The van der Waals surface area contributed by atoms with E-state index in [1.807, 2.05) is 18.2 Å². The quantitative estimate of drug-likeness (QED) is 0.332. The molecular formula is C21H29+. The second kappa shape index (κ2) is 9.56. The third-order valence-electron chi connectivity index (χ3n) is 4.52. The van der Waals surface area contributed by atoms with E-state index in [9.17, 15) is 0 Å². The van der Waals surface area contributed by atoms with Crippen molar-refractivity contribution in [3.05, 3.63) is 41.8 Å². The highest BCUT2D eigenvalue weighted by Gasteiger charge is 2.22. The third-order valence-corrected chi connectivity index (χ3v) is 4.52. The first-order valence-corrected chi connectivity index (χ1v) is 8.70. The van der Waals surface area contributed by atoms with Gasteiger partial charge < -0.3 is 0 Å². The molecule has 0 aromatic heterocycles. The van der Waals surface area contributed by atoms with Crippen LogP contribution in [0.5, 0.6) is 0 Å². The van der Waals surface area contributed by atoms with Gasteiger partial charge in [-0.1, -0.05) is 49.3 Å². The molecule has 0 radical (unpaired) electrons. The van der Waals surface area contributed by atoms with Crippen molar-refractivity contribution in [1.82, 2.24) is 0 Å². The van der Waals surface area contributed by atoms with Crippen molar-refractivity contribution in [1.29, 1.82) is 0 Å². The van der Waals surface area contributed by atoms with Gasteiger partial charge in [0.15, 0.2) is 0 Å². The zero-order valence-corrected chi connectivity index (χ0v) is 13.5. The summed E-state index contributed by atoms with van der Waals surface area (Å²) in [7, 11) is 0. The van der Waals surface area contributed by atoms with Gasteiger partial charge in [-0.2, -0.15) is 0 Å². The van der Waals surface area contributed by atoms with E-state index in [-0.39, 0.29) is 0 Å². The lowest BCUT2D eigenvalue weighted by molar-refractivity contribution is 0.339. The van der Waals surface area contributed by atoms with Crippen LogP contribution < -0.4 is 0 Å². The lowest BCUT2D eigenvalue weighted by atomic mass is 9.82. The summed E-state index contributed by atoms with van der Waals surface area (Å²) in [6.45, 7) is 2.37. The maximum atomic E-state index is 3.30. The Balaban J connectivity index is 1.54. The third kappa shape index (κ3) is 6.76. The van der Waals surface area contributed by atoms with Gasteiger partial charge in [-0.3, -0.25) is 0 Å². The highest BCUT2D eigenvalue weighted by Crippen LogP contribution is 2.31. The van der Waals surface area contributed by atoms with E-state index in [0.717, 1.165) is 17.9 Å². The molecule has 0 atom stereocenters. The Hall–Kier alpha value is -1.35. The van der Waals surface area contributed by atoms with Crippen LogP contribution in [0.2, 0.25) is 0 Å². The van der Waals surface area contributed by atoms with Gasteiger partial charge in [0.2, 0.25) is 0 Å². The number of hydrogen-bond donors (Lipinski definition) is 0. The molecule has 1 aromatic carbocycles. The van der Waals surface area contributed by atoms with E-state index >= 15 is 0 Å². The van der Waals surface area contributed by atoms with E-state index in [1.54, 1.807) is 5.92 Å².